The van der Waals surface area contributed by atoms with Crippen LogP contribution in [0.2, 0.25) is 0 Å². The fourth-order valence-corrected chi connectivity index (χ4v) is 2.03. The van der Waals surface area contributed by atoms with Crippen LogP contribution in [-0.4, -0.2) is 18.2 Å². The van der Waals surface area contributed by atoms with Gasteiger partial charge in [0, 0.05) is 6.92 Å². The van der Waals surface area contributed by atoms with Crippen LogP contribution in [0.15, 0.2) is 48.5 Å². The number of ether oxygens (including phenoxy) is 2. The first-order valence-electron chi connectivity index (χ1n) is 7.33. The molecule has 0 aliphatic carbocycles. The van der Waals surface area contributed by atoms with Gasteiger partial charge in [0.1, 0.15) is 17.2 Å². The zero-order chi connectivity index (χ0) is 20.5. The molecular formula is C17H12F8O2. The zero-order valence-corrected chi connectivity index (χ0v) is 13.5. The number of hydrogen-bond donors (Lipinski definition) is 0. The Labute approximate surface area is 148 Å². The summed E-state index contributed by atoms with van der Waals surface area (Å²) in [4.78, 5) is 0. The summed E-state index contributed by atoms with van der Waals surface area (Å²) in [6.07, 6.45) is -13.1. The molecule has 0 saturated carbocycles. The summed E-state index contributed by atoms with van der Waals surface area (Å²) >= 11 is 0. The van der Waals surface area contributed by atoms with Crippen LogP contribution in [-0.2, 0) is 6.18 Å². The van der Waals surface area contributed by atoms with Crippen LogP contribution in [0.25, 0.3) is 0 Å². The monoisotopic (exact) mass is 400 g/mol. The molecule has 2 aromatic carbocycles. The predicted molar refractivity (Wildman–Crippen MR) is 79.1 cm³/mol. The smallest absolute Gasteiger partial charge is 0.431 e. The highest BCUT2D eigenvalue weighted by Crippen LogP contribution is 2.36. The highest BCUT2D eigenvalue weighted by atomic mass is 19.4. The molecule has 0 amide bonds. The van der Waals surface area contributed by atoms with Gasteiger partial charge in [0.2, 0.25) is 0 Å². The average Bonchev–Trinajstić information content (AvgIpc) is 2.51. The molecule has 0 aliphatic rings. The van der Waals surface area contributed by atoms with Crippen LogP contribution in [0.4, 0.5) is 35.1 Å². The number of halogens is 8. The third-order valence-electron chi connectivity index (χ3n) is 3.25. The van der Waals surface area contributed by atoms with Gasteiger partial charge < -0.3 is 9.47 Å². The van der Waals surface area contributed by atoms with E-state index in [1.54, 1.807) is 0 Å². The van der Waals surface area contributed by atoms with Crippen LogP contribution in [0.1, 0.15) is 12.5 Å². The van der Waals surface area contributed by atoms with E-state index in [9.17, 15) is 35.1 Å². The topological polar surface area (TPSA) is 18.5 Å². The molecule has 1 unspecified atom stereocenters. The molecule has 2 nitrogen and oxygen atoms in total. The molecule has 10 heteroatoms. The second kappa shape index (κ2) is 7.24. The maximum atomic E-state index is 13.1. The Morgan fingerprint density at radius 1 is 0.667 bits per heavy atom. The van der Waals surface area contributed by atoms with Crippen molar-refractivity contribution in [1.82, 2.24) is 0 Å². The molecular weight excluding hydrogens is 388 g/mol. The van der Waals surface area contributed by atoms with Gasteiger partial charge in [-0.15, -0.1) is 0 Å². The van der Waals surface area contributed by atoms with Gasteiger partial charge in [-0.05, 0) is 48.5 Å². The van der Waals surface area contributed by atoms with Gasteiger partial charge in [-0.2, -0.15) is 26.3 Å². The van der Waals surface area contributed by atoms with Gasteiger partial charge in [0.15, 0.2) is 0 Å². The highest BCUT2D eigenvalue weighted by Gasteiger charge is 2.55. The first-order valence-corrected chi connectivity index (χ1v) is 7.33. The molecule has 1 atom stereocenters. The Kier molecular flexibility index (Phi) is 5.58. The first kappa shape index (κ1) is 20.8. The second-order valence-corrected chi connectivity index (χ2v) is 5.59. The van der Waals surface area contributed by atoms with Gasteiger partial charge in [0.05, 0.1) is 5.56 Å². The molecule has 0 spiro atoms. The van der Waals surface area contributed by atoms with Crippen molar-refractivity contribution in [2.45, 2.75) is 31.3 Å². The summed E-state index contributed by atoms with van der Waals surface area (Å²) in [6.45, 7) is 0.0905. The number of hydrogen-bond acceptors (Lipinski definition) is 2. The molecule has 0 aromatic heterocycles. The molecule has 0 radical (unpaired) electrons. The Morgan fingerprint density at radius 2 is 1.07 bits per heavy atom. The lowest BCUT2D eigenvalue weighted by Crippen LogP contribution is -2.47. The fourth-order valence-electron chi connectivity index (χ4n) is 2.03. The van der Waals surface area contributed by atoms with Crippen molar-refractivity contribution in [3.8, 4) is 17.2 Å². The summed E-state index contributed by atoms with van der Waals surface area (Å²) in [7, 11) is 0. The Hall–Kier alpha value is -2.52. The fraction of sp³-hybridized carbons (Fsp3) is 0.294. The van der Waals surface area contributed by atoms with E-state index < -0.39 is 35.7 Å². The highest BCUT2D eigenvalue weighted by molar-refractivity contribution is 5.37. The molecule has 27 heavy (non-hydrogen) atoms. The van der Waals surface area contributed by atoms with Gasteiger partial charge in [0.25, 0.3) is 12.0 Å². The molecule has 0 saturated heterocycles. The number of rotatable bonds is 5. The quantitative estimate of drug-likeness (QED) is 0.536. The third-order valence-corrected chi connectivity index (χ3v) is 3.25. The van der Waals surface area contributed by atoms with Gasteiger partial charge in [-0.3, -0.25) is 0 Å². The Balaban J connectivity index is 2.09. The van der Waals surface area contributed by atoms with Gasteiger partial charge >= 0.3 is 12.4 Å². The standard InChI is InChI=1S/C17H12F8O2/c1-15(18,19)14(17(23,24)25)27-13-8-6-12(7-9-13)26-11-4-2-10(3-5-11)16(20,21)22/h2-9,14H,1H3. The number of benzene rings is 2. The van der Waals surface area contributed by atoms with Crippen LogP contribution < -0.4 is 9.47 Å². The lowest BCUT2D eigenvalue weighted by atomic mass is 10.2. The normalized spacial score (nSPS) is 14.0. The molecule has 2 aromatic rings. The van der Waals surface area contributed by atoms with Crippen molar-refractivity contribution in [3.63, 3.8) is 0 Å². The van der Waals surface area contributed by atoms with Crippen LogP contribution >= 0.6 is 0 Å². The van der Waals surface area contributed by atoms with Crippen molar-refractivity contribution < 1.29 is 44.6 Å². The van der Waals surface area contributed by atoms with Crippen LogP contribution in [0.3, 0.4) is 0 Å². The van der Waals surface area contributed by atoms with E-state index in [0.29, 0.717) is 0 Å². The summed E-state index contributed by atoms with van der Waals surface area (Å²) in [5.41, 5.74) is -0.878. The Morgan fingerprint density at radius 3 is 1.44 bits per heavy atom. The minimum atomic E-state index is -5.28. The SMILES string of the molecule is CC(F)(F)C(Oc1ccc(Oc2ccc(C(F)(F)F)cc2)cc1)C(F)(F)F. The molecule has 0 aliphatic heterocycles. The molecule has 0 N–H and O–H groups in total. The Bertz CT molecular complexity index is 729. The van der Waals surface area contributed by atoms with Crippen molar-refractivity contribution in [2.24, 2.45) is 0 Å². The number of alkyl halides is 8. The van der Waals surface area contributed by atoms with E-state index in [0.717, 1.165) is 48.5 Å². The van der Waals surface area contributed by atoms with E-state index in [1.165, 1.54) is 0 Å². The largest absolute Gasteiger partial charge is 0.474 e. The lowest BCUT2D eigenvalue weighted by molar-refractivity contribution is -0.254. The minimum absolute atomic E-state index is 0.0462. The van der Waals surface area contributed by atoms with Crippen molar-refractivity contribution in [3.05, 3.63) is 54.1 Å². The maximum Gasteiger partial charge on any atom is 0.431 e. The van der Waals surface area contributed by atoms with E-state index in [2.05, 4.69) is 4.74 Å². The van der Waals surface area contributed by atoms with Crippen LogP contribution in [0, 0.1) is 0 Å². The molecule has 0 fully saturated rings. The molecule has 2 rings (SSSR count). The van der Waals surface area contributed by atoms with E-state index >= 15 is 0 Å². The maximum absolute atomic E-state index is 13.1. The molecule has 0 bridgehead atoms. The van der Waals surface area contributed by atoms with Gasteiger partial charge in [-0.1, -0.05) is 0 Å². The molecule has 0 heterocycles. The van der Waals surface area contributed by atoms with Crippen molar-refractivity contribution >= 4 is 0 Å². The summed E-state index contributed by atoms with van der Waals surface area (Å²) in [6, 6.07) is 7.93. The summed E-state index contributed by atoms with van der Waals surface area (Å²) in [5.74, 6) is -4.52. The first-order chi connectivity index (χ1) is 12.3. The van der Waals surface area contributed by atoms with E-state index in [1.807, 2.05) is 0 Å². The molecule has 148 valence electrons. The predicted octanol–water partition coefficient (Wildman–Crippen LogP) is 6.46. The van der Waals surface area contributed by atoms with Crippen molar-refractivity contribution in [2.75, 3.05) is 0 Å². The van der Waals surface area contributed by atoms with E-state index in [4.69, 9.17) is 4.74 Å². The minimum Gasteiger partial charge on any atom is -0.474 e. The lowest BCUT2D eigenvalue weighted by Gasteiger charge is -2.26. The van der Waals surface area contributed by atoms with Gasteiger partial charge in [-0.25, -0.2) is 8.78 Å². The zero-order valence-electron chi connectivity index (χ0n) is 13.5. The van der Waals surface area contributed by atoms with Crippen molar-refractivity contribution in [1.29, 1.82) is 0 Å². The summed E-state index contributed by atoms with van der Waals surface area (Å²) < 4.78 is 111. The summed E-state index contributed by atoms with van der Waals surface area (Å²) in [5, 5.41) is 0. The van der Waals surface area contributed by atoms with E-state index in [-0.39, 0.29) is 18.4 Å². The second-order valence-electron chi connectivity index (χ2n) is 5.59. The average molecular weight is 400 g/mol. The third kappa shape index (κ3) is 5.73. The van der Waals surface area contributed by atoms with Crippen LogP contribution in [0.5, 0.6) is 17.2 Å².